The zero-order chi connectivity index (χ0) is 37.6. The second-order valence-electron chi connectivity index (χ2n) is 15.4. The number of imide groups is 2. The molecule has 2 saturated heterocycles. The number of piperidine rings is 1. The van der Waals surface area contributed by atoms with Crippen LogP contribution in [-0.2, 0) is 19.8 Å². The highest BCUT2D eigenvalue weighted by Gasteiger charge is 2.55. The molecule has 3 aromatic rings. The van der Waals surface area contributed by atoms with E-state index in [0.717, 1.165) is 64.7 Å². The molecular formula is C41H39FN6O5. The van der Waals surface area contributed by atoms with Crippen molar-refractivity contribution >= 4 is 52.0 Å². The lowest BCUT2D eigenvalue weighted by Crippen LogP contribution is -2.66. The van der Waals surface area contributed by atoms with Gasteiger partial charge in [0.1, 0.15) is 11.9 Å². The maximum atomic E-state index is 15.6. The van der Waals surface area contributed by atoms with Crippen LogP contribution < -0.4 is 20.9 Å². The van der Waals surface area contributed by atoms with Gasteiger partial charge in [-0.2, -0.15) is 5.26 Å². The van der Waals surface area contributed by atoms with Crippen LogP contribution in [-0.4, -0.2) is 59.5 Å². The minimum Gasteiger partial charge on any atom is -0.402 e. The van der Waals surface area contributed by atoms with E-state index >= 15 is 4.39 Å². The van der Waals surface area contributed by atoms with Crippen LogP contribution in [0.5, 0.6) is 0 Å². The van der Waals surface area contributed by atoms with E-state index in [9.17, 15) is 29.2 Å². The molecule has 0 bridgehead atoms. The van der Waals surface area contributed by atoms with Gasteiger partial charge in [0.15, 0.2) is 5.78 Å². The maximum absolute atomic E-state index is 15.6. The highest BCUT2D eigenvalue weighted by atomic mass is 19.1. The van der Waals surface area contributed by atoms with Gasteiger partial charge in [-0.1, -0.05) is 24.3 Å². The molecular weight excluding hydrogens is 675 g/mol. The number of amides is 4. The van der Waals surface area contributed by atoms with Crippen LogP contribution in [0.15, 0.2) is 60.3 Å². The highest BCUT2D eigenvalue weighted by Crippen LogP contribution is 2.55. The second-order valence-corrected chi connectivity index (χ2v) is 15.4. The van der Waals surface area contributed by atoms with Gasteiger partial charge in [0, 0.05) is 53.6 Å². The number of ketones is 1. The Morgan fingerprint density at radius 2 is 1.64 bits per heavy atom. The number of nitriles is 1. The number of nitrogens with one attached hydrogen (secondary N) is 1. The van der Waals surface area contributed by atoms with Crippen LogP contribution in [0.1, 0.15) is 89.8 Å². The summed E-state index contributed by atoms with van der Waals surface area (Å²) >= 11 is 0. The van der Waals surface area contributed by atoms with Crippen molar-refractivity contribution < 1.29 is 28.4 Å². The molecule has 3 aliphatic heterocycles. The normalized spacial score (nSPS) is 21.7. The molecule has 3 N–H and O–H groups in total. The molecule has 5 aliphatic rings. The predicted molar refractivity (Wildman–Crippen MR) is 194 cm³/mol. The second kappa shape index (κ2) is 12.1. The fourth-order valence-electron chi connectivity index (χ4n) is 8.85. The number of Topliss-reactive ketones (excluding diaryl/α,β-unsaturated/α-hetero) is 1. The lowest BCUT2D eigenvalue weighted by molar-refractivity contribution is -0.136. The van der Waals surface area contributed by atoms with Gasteiger partial charge >= 0.3 is 0 Å². The summed E-state index contributed by atoms with van der Waals surface area (Å²) in [5.74, 6) is -3.33. The van der Waals surface area contributed by atoms with Crippen molar-refractivity contribution in [3.05, 3.63) is 93.9 Å². The number of allylic oxidation sites excluding steroid dienone is 2. The van der Waals surface area contributed by atoms with Gasteiger partial charge < -0.3 is 15.5 Å². The average Bonchev–Trinajstić information content (AvgIpc) is 3.84. The molecule has 2 saturated carbocycles. The number of aryl methyl sites for hydroxylation is 1. The summed E-state index contributed by atoms with van der Waals surface area (Å²) in [6, 6.07) is 18.0. The molecule has 8 rings (SSSR count). The fraction of sp³-hybridized carbons (Fsp3) is 0.366. The first kappa shape index (κ1) is 34.3. The number of hydrogen-bond acceptors (Lipinski definition) is 9. The number of nitrogens with two attached hydrogens (primary N) is 1. The molecule has 4 amide bonds. The van der Waals surface area contributed by atoms with Crippen molar-refractivity contribution in [2.75, 3.05) is 22.9 Å². The number of anilines is 3. The van der Waals surface area contributed by atoms with E-state index in [2.05, 4.69) is 28.4 Å². The summed E-state index contributed by atoms with van der Waals surface area (Å²) in [6.45, 7) is 6.37. The zero-order valence-electron chi connectivity index (χ0n) is 29.8. The van der Waals surface area contributed by atoms with Crippen molar-refractivity contribution in [2.24, 2.45) is 11.1 Å². The van der Waals surface area contributed by atoms with Gasteiger partial charge in [0.05, 0.1) is 28.3 Å². The molecule has 3 heterocycles. The van der Waals surface area contributed by atoms with E-state index in [1.807, 2.05) is 42.2 Å². The minimum absolute atomic E-state index is 0.000216. The molecule has 4 fully saturated rings. The monoisotopic (exact) mass is 714 g/mol. The van der Waals surface area contributed by atoms with Gasteiger partial charge in [0.25, 0.3) is 11.8 Å². The lowest BCUT2D eigenvalue weighted by Gasteiger charge is -2.62. The number of hydrogen-bond donors (Lipinski definition) is 2. The first-order valence-electron chi connectivity index (χ1n) is 17.9. The van der Waals surface area contributed by atoms with Gasteiger partial charge in [-0.25, -0.2) is 4.39 Å². The molecule has 0 aromatic heterocycles. The molecule has 1 spiro atoms. The molecule has 2 aliphatic carbocycles. The summed E-state index contributed by atoms with van der Waals surface area (Å²) in [5, 5.41) is 12.0. The molecule has 12 heteroatoms. The molecule has 3 aromatic carbocycles. The van der Waals surface area contributed by atoms with E-state index < -0.39 is 40.9 Å². The quantitative estimate of drug-likeness (QED) is 0.237. The van der Waals surface area contributed by atoms with Crippen LogP contribution in [0, 0.1) is 29.5 Å². The third kappa shape index (κ3) is 5.48. The molecule has 270 valence electrons. The van der Waals surface area contributed by atoms with Gasteiger partial charge in [-0.3, -0.25) is 34.2 Å². The predicted octanol–water partition coefficient (Wildman–Crippen LogP) is 5.18. The number of fused-ring (bicyclic) bond motifs is 1. The van der Waals surface area contributed by atoms with Gasteiger partial charge in [-0.15, -0.1) is 0 Å². The average molecular weight is 715 g/mol. The highest BCUT2D eigenvalue weighted by molar-refractivity contribution is 6.24. The number of benzene rings is 3. The van der Waals surface area contributed by atoms with Crippen molar-refractivity contribution in [1.29, 1.82) is 5.26 Å². The Bertz CT molecular complexity index is 2220. The Kier molecular flexibility index (Phi) is 7.83. The SMILES string of the molecule is CC(=O)C(=C(C)N)c1ccc(C)c(N(c2ccc(C3(C#N)CC3)cc2)C2CC3(C2)CN(c2cc4c(cc2F)C(=O)N(C2CCC(=O)NC2=O)C4=O)C3)c1. The van der Waals surface area contributed by atoms with Gasteiger partial charge in [0.2, 0.25) is 11.8 Å². The third-order valence-corrected chi connectivity index (χ3v) is 11.8. The molecule has 11 nitrogen and oxygen atoms in total. The van der Waals surface area contributed by atoms with Crippen molar-refractivity contribution in [3.63, 3.8) is 0 Å². The lowest BCUT2D eigenvalue weighted by atomic mass is 9.60. The summed E-state index contributed by atoms with van der Waals surface area (Å²) in [5.41, 5.74) is 11.4. The van der Waals surface area contributed by atoms with Crippen LogP contribution in [0.3, 0.4) is 0 Å². The number of carbonyl (C=O) groups is 5. The van der Waals surface area contributed by atoms with Crippen LogP contribution in [0.4, 0.5) is 21.5 Å². The Balaban J connectivity index is 1.04. The molecule has 1 unspecified atom stereocenters. The van der Waals surface area contributed by atoms with E-state index in [0.29, 0.717) is 24.4 Å². The molecule has 0 radical (unpaired) electrons. The largest absolute Gasteiger partial charge is 0.402 e. The smallest absolute Gasteiger partial charge is 0.262 e. The minimum atomic E-state index is -1.13. The van der Waals surface area contributed by atoms with Crippen LogP contribution in [0.2, 0.25) is 0 Å². The van der Waals surface area contributed by atoms with E-state index in [1.165, 1.54) is 13.0 Å². The third-order valence-electron chi connectivity index (χ3n) is 11.8. The van der Waals surface area contributed by atoms with Crippen molar-refractivity contribution in [1.82, 2.24) is 10.2 Å². The number of halogens is 1. The van der Waals surface area contributed by atoms with Crippen LogP contribution in [0.25, 0.3) is 5.57 Å². The Labute approximate surface area is 306 Å². The zero-order valence-corrected chi connectivity index (χ0v) is 29.8. The molecule has 53 heavy (non-hydrogen) atoms. The van der Waals surface area contributed by atoms with Crippen molar-refractivity contribution in [2.45, 2.75) is 76.8 Å². The van der Waals surface area contributed by atoms with E-state index in [4.69, 9.17) is 5.73 Å². The van der Waals surface area contributed by atoms with Crippen LogP contribution >= 0.6 is 0 Å². The van der Waals surface area contributed by atoms with E-state index in [1.54, 1.807) is 6.92 Å². The summed E-state index contributed by atoms with van der Waals surface area (Å²) < 4.78 is 15.6. The van der Waals surface area contributed by atoms with Crippen molar-refractivity contribution in [3.8, 4) is 6.07 Å². The summed E-state index contributed by atoms with van der Waals surface area (Å²) in [6.07, 6.45) is 3.32. The molecule has 1 atom stereocenters. The Morgan fingerprint density at radius 1 is 0.981 bits per heavy atom. The standard InChI is InChI=1S/C41H39FN6O5/c1-22-4-5-25(36(23(2)44)24(3)49)14-33(22)47(27-8-6-26(7-9-27)41(19-43)12-13-41)28-17-40(18-28)20-46(21-40)34-16-30-29(15-31(34)42)38(52)48(39(30)53)32-10-11-35(50)45-37(32)51/h4-9,14-16,28,32H,10-13,17-18,20-21,44H2,1-3H3,(H,45,50,51). The van der Waals surface area contributed by atoms with Gasteiger partial charge in [-0.05, 0) is 99.9 Å². The Hall–Kier alpha value is -5.83. The number of nitrogens with zero attached hydrogens (tertiary/aromatic N) is 4. The topological polar surface area (TPSA) is 157 Å². The number of rotatable bonds is 8. The Morgan fingerprint density at radius 3 is 2.23 bits per heavy atom. The first-order valence-corrected chi connectivity index (χ1v) is 17.9. The summed E-state index contributed by atoms with van der Waals surface area (Å²) in [4.78, 5) is 68.4. The first-order chi connectivity index (χ1) is 25.2. The fourth-order valence-corrected chi connectivity index (χ4v) is 8.85. The summed E-state index contributed by atoms with van der Waals surface area (Å²) in [7, 11) is 0. The number of carbonyl (C=O) groups excluding carboxylic acids is 5. The maximum Gasteiger partial charge on any atom is 0.262 e. The van der Waals surface area contributed by atoms with E-state index in [-0.39, 0.29) is 46.9 Å².